The van der Waals surface area contributed by atoms with E-state index >= 15 is 0 Å². The standard InChI is InChI=1S/C18H20FN5/c1-12-13(2)23-17(22-11-16-5-3-4-10-21-16)24-18(12,20)14-6-8-15(19)9-7-14/h3-10H,11,20H2,1-2H3,(H2,22,23,24). The molecule has 0 saturated carbocycles. The van der Waals surface area contributed by atoms with E-state index in [2.05, 4.69) is 20.6 Å². The van der Waals surface area contributed by atoms with E-state index in [9.17, 15) is 4.39 Å². The molecule has 5 nitrogen and oxygen atoms in total. The lowest BCUT2D eigenvalue weighted by Crippen LogP contribution is -2.61. The van der Waals surface area contributed by atoms with Crippen LogP contribution in [0.4, 0.5) is 4.39 Å². The number of pyridine rings is 1. The molecular weight excluding hydrogens is 305 g/mol. The van der Waals surface area contributed by atoms with Gasteiger partial charge in [-0.3, -0.25) is 4.98 Å². The lowest BCUT2D eigenvalue weighted by atomic mass is 9.90. The fraction of sp³-hybridized carbons (Fsp3) is 0.222. The van der Waals surface area contributed by atoms with Crippen LogP contribution in [0.25, 0.3) is 0 Å². The number of hydrogen-bond donors (Lipinski definition) is 3. The van der Waals surface area contributed by atoms with Gasteiger partial charge in [-0.15, -0.1) is 0 Å². The van der Waals surface area contributed by atoms with Crippen molar-refractivity contribution >= 4 is 5.96 Å². The van der Waals surface area contributed by atoms with E-state index in [0.29, 0.717) is 12.5 Å². The third-order valence-electron chi connectivity index (χ3n) is 4.20. The Labute approximate surface area is 140 Å². The highest BCUT2D eigenvalue weighted by atomic mass is 19.1. The summed E-state index contributed by atoms with van der Waals surface area (Å²) in [5.41, 5.74) is 9.13. The average Bonchev–Trinajstić information content (AvgIpc) is 2.59. The van der Waals surface area contributed by atoms with Crippen LogP contribution in [0, 0.1) is 5.82 Å². The van der Waals surface area contributed by atoms with Crippen molar-refractivity contribution < 1.29 is 4.39 Å². The normalized spacial score (nSPS) is 22.2. The predicted octanol–water partition coefficient (Wildman–Crippen LogP) is 2.38. The Morgan fingerprint density at radius 3 is 2.58 bits per heavy atom. The van der Waals surface area contributed by atoms with Gasteiger partial charge in [-0.1, -0.05) is 18.2 Å². The summed E-state index contributed by atoms with van der Waals surface area (Å²) >= 11 is 0. The second-order valence-corrected chi connectivity index (χ2v) is 5.80. The first kappa shape index (κ1) is 16.1. The topological polar surface area (TPSA) is 75.3 Å². The van der Waals surface area contributed by atoms with E-state index in [4.69, 9.17) is 5.73 Å². The van der Waals surface area contributed by atoms with Crippen LogP contribution in [0.1, 0.15) is 25.1 Å². The molecular formula is C18H20FN5. The largest absolute Gasteiger partial charge is 0.331 e. The number of aliphatic imine (C=N–C) groups is 1. The Balaban J connectivity index is 1.90. The zero-order valence-electron chi connectivity index (χ0n) is 13.7. The molecule has 1 atom stereocenters. The Hall–Kier alpha value is -2.73. The van der Waals surface area contributed by atoms with Crippen LogP contribution in [-0.4, -0.2) is 10.9 Å². The Morgan fingerprint density at radius 1 is 1.17 bits per heavy atom. The predicted molar refractivity (Wildman–Crippen MR) is 92.3 cm³/mol. The molecule has 1 unspecified atom stereocenters. The third kappa shape index (κ3) is 3.14. The van der Waals surface area contributed by atoms with Crippen LogP contribution in [0.15, 0.2) is 64.9 Å². The molecule has 2 aromatic rings. The minimum atomic E-state index is -0.939. The highest BCUT2D eigenvalue weighted by Gasteiger charge is 2.35. The quantitative estimate of drug-likeness (QED) is 0.810. The third-order valence-corrected chi connectivity index (χ3v) is 4.20. The summed E-state index contributed by atoms with van der Waals surface area (Å²) in [4.78, 5) is 8.77. The maximum atomic E-state index is 13.2. The van der Waals surface area contributed by atoms with Crippen molar-refractivity contribution in [2.24, 2.45) is 10.7 Å². The number of nitrogens with zero attached hydrogens (tertiary/aromatic N) is 2. The van der Waals surface area contributed by atoms with Crippen LogP contribution in [0.5, 0.6) is 0 Å². The lowest BCUT2D eigenvalue weighted by molar-refractivity contribution is 0.456. The van der Waals surface area contributed by atoms with E-state index in [1.54, 1.807) is 18.3 Å². The summed E-state index contributed by atoms with van der Waals surface area (Å²) in [6, 6.07) is 11.9. The maximum absolute atomic E-state index is 13.2. The van der Waals surface area contributed by atoms with Gasteiger partial charge in [0.15, 0.2) is 5.96 Å². The van der Waals surface area contributed by atoms with Crippen molar-refractivity contribution in [1.29, 1.82) is 0 Å². The number of rotatable bonds is 3. The summed E-state index contributed by atoms with van der Waals surface area (Å²) < 4.78 is 13.2. The van der Waals surface area contributed by atoms with E-state index in [1.807, 2.05) is 32.0 Å². The van der Waals surface area contributed by atoms with Crippen LogP contribution in [-0.2, 0) is 12.2 Å². The number of nitrogens with two attached hydrogens (primary N) is 1. The molecule has 24 heavy (non-hydrogen) atoms. The minimum absolute atomic E-state index is 0.293. The van der Waals surface area contributed by atoms with Gasteiger partial charge in [0.25, 0.3) is 0 Å². The SMILES string of the molecule is CC1=C(C)C(N)(c2ccc(F)cc2)NC(=NCc2ccccn2)N1. The zero-order valence-corrected chi connectivity index (χ0v) is 13.7. The van der Waals surface area contributed by atoms with Gasteiger partial charge in [0.2, 0.25) is 0 Å². The number of hydrogen-bond acceptors (Lipinski definition) is 3. The van der Waals surface area contributed by atoms with Gasteiger partial charge in [0.1, 0.15) is 11.5 Å². The summed E-state index contributed by atoms with van der Waals surface area (Å²) in [7, 11) is 0. The number of nitrogens with one attached hydrogen (secondary N) is 2. The number of benzene rings is 1. The molecule has 0 aliphatic carbocycles. The monoisotopic (exact) mass is 325 g/mol. The summed E-state index contributed by atoms with van der Waals surface area (Å²) in [5, 5.41) is 6.43. The molecule has 1 aromatic heterocycles. The van der Waals surface area contributed by atoms with Crippen LogP contribution in [0.2, 0.25) is 0 Å². The minimum Gasteiger partial charge on any atom is -0.331 e. The summed E-state index contributed by atoms with van der Waals surface area (Å²) in [5.74, 6) is 0.272. The Morgan fingerprint density at radius 2 is 1.92 bits per heavy atom. The molecule has 1 aliphatic rings. The van der Waals surface area contributed by atoms with Crippen molar-refractivity contribution in [1.82, 2.24) is 15.6 Å². The van der Waals surface area contributed by atoms with E-state index in [1.165, 1.54) is 12.1 Å². The Bertz CT molecular complexity index is 783. The van der Waals surface area contributed by atoms with Crippen molar-refractivity contribution in [2.75, 3.05) is 0 Å². The van der Waals surface area contributed by atoms with Gasteiger partial charge < -0.3 is 16.4 Å². The van der Waals surface area contributed by atoms with Crippen molar-refractivity contribution in [2.45, 2.75) is 26.1 Å². The second kappa shape index (κ2) is 6.41. The maximum Gasteiger partial charge on any atom is 0.197 e. The van der Waals surface area contributed by atoms with Gasteiger partial charge in [0.05, 0.1) is 12.2 Å². The number of allylic oxidation sites excluding steroid dienone is 1. The van der Waals surface area contributed by atoms with E-state index in [-0.39, 0.29) is 5.82 Å². The van der Waals surface area contributed by atoms with Crippen molar-refractivity contribution in [3.63, 3.8) is 0 Å². The lowest BCUT2D eigenvalue weighted by Gasteiger charge is -2.39. The molecule has 1 aromatic carbocycles. The van der Waals surface area contributed by atoms with Crippen molar-refractivity contribution in [3.05, 3.63) is 77.0 Å². The molecule has 6 heteroatoms. The molecule has 0 spiro atoms. The molecule has 3 rings (SSSR count). The van der Waals surface area contributed by atoms with Gasteiger partial charge >= 0.3 is 0 Å². The summed E-state index contributed by atoms with van der Waals surface area (Å²) in [6.07, 6.45) is 1.73. The molecule has 0 bridgehead atoms. The van der Waals surface area contributed by atoms with Gasteiger partial charge in [-0.25, -0.2) is 9.38 Å². The highest BCUT2D eigenvalue weighted by molar-refractivity contribution is 5.84. The first-order chi connectivity index (χ1) is 11.5. The fourth-order valence-corrected chi connectivity index (χ4v) is 2.61. The van der Waals surface area contributed by atoms with Crippen molar-refractivity contribution in [3.8, 4) is 0 Å². The highest BCUT2D eigenvalue weighted by Crippen LogP contribution is 2.28. The van der Waals surface area contributed by atoms with Crippen LogP contribution >= 0.6 is 0 Å². The van der Waals surface area contributed by atoms with Gasteiger partial charge in [-0.05, 0) is 49.2 Å². The molecule has 0 saturated heterocycles. The van der Waals surface area contributed by atoms with Crippen LogP contribution in [0.3, 0.4) is 0 Å². The van der Waals surface area contributed by atoms with Crippen LogP contribution < -0.4 is 16.4 Å². The molecule has 1 aliphatic heterocycles. The summed E-state index contributed by atoms with van der Waals surface area (Å²) in [6.45, 7) is 4.31. The fourth-order valence-electron chi connectivity index (χ4n) is 2.61. The smallest absolute Gasteiger partial charge is 0.197 e. The average molecular weight is 325 g/mol. The van der Waals surface area contributed by atoms with E-state index in [0.717, 1.165) is 22.5 Å². The number of guanidine groups is 1. The first-order valence-electron chi connectivity index (χ1n) is 7.71. The number of halogens is 1. The number of aromatic nitrogens is 1. The molecule has 124 valence electrons. The van der Waals surface area contributed by atoms with E-state index < -0.39 is 5.66 Å². The molecule has 4 N–H and O–H groups in total. The molecule has 0 fully saturated rings. The second-order valence-electron chi connectivity index (χ2n) is 5.80. The molecule has 2 heterocycles. The Kier molecular flexibility index (Phi) is 4.31. The zero-order chi connectivity index (χ0) is 17.2. The first-order valence-corrected chi connectivity index (χ1v) is 7.71. The van der Waals surface area contributed by atoms with Gasteiger partial charge in [0, 0.05) is 11.9 Å². The molecule has 0 radical (unpaired) electrons. The molecule has 0 amide bonds. The van der Waals surface area contributed by atoms with Gasteiger partial charge in [-0.2, -0.15) is 0 Å².